The lowest BCUT2D eigenvalue weighted by Gasteiger charge is -2.36. The third kappa shape index (κ3) is 4.58. The second-order valence-electron chi connectivity index (χ2n) is 8.47. The smallest absolute Gasteiger partial charge is 0.226 e. The molecule has 0 unspecified atom stereocenters. The summed E-state index contributed by atoms with van der Waals surface area (Å²) in [6.07, 6.45) is 3.85. The van der Waals surface area contributed by atoms with Crippen molar-refractivity contribution in [2.75, 3.05) is 63.8 Å². The molecule has 0 spiro atoms. The molecule has 160 valence electrons. The SMILES string of the molecule is CCCN1CCN(C(=O)[C@@H]2CCc3nc(N4CCN(C(C)=O)CC4)sc3C2)CC1. The fraction of sp³-hybridized carbons (Fsp3) is 0.762. The Balaban J connectivity index is 1.33. The second kappa shape index (κ2) is 9.00. The zero-order chi connectivity index (χ0) is 20.4. The molecule has 0 saturated carbocycles. The molecule has 0 bridgehead atoms. The Morgan fingerprint density at radius 1 is 1.03 bits per heavy atom. The largest absolute Gasteiger partial charge is 0.345 e. The molecule has 3 aliphatic rings. The number of carbonyl (C=O) groups excluding carboxylic acids is 2. The van der Waals surface area contributed by atoms with Gasteiger partial charge in [0.2, 0.25) is 11.8 Å². The Kier molecular flexibility index (Phi) is 6.39. The fourth-order valence-corrected chi connectivity index (χ4v) is 5.92. The minimum absolute atomic E-state index is 0.114. The molecule has 8 heteroatoms. The van der Waals surface area contributed by atoms with Crippen molar-refractivity contribution in [2.24, 2.45) is 5.92 Å². The first-order valence-electron chi connectivity index (χ1n) is 11.0. The summed E-state index contributed by atoms with van der Waals surface area (Å²) >= 11 is 1.76. The number of aromatic nitrogens is 1. The van der Waals surface area contributed by atoms with Crippen LogP contribution in [0.15, 0.2) is 0 Å². The maximum Gasteiger partial charge on any atom is 0.226 e. The van der Waals surface area contributed by atoms with E-state index in [1.165, 1.54) is 17.0 Å². The molecule has 1 aromatic rings. The molecule has 4 rings (SSSR count). The van der Waals surface area contributed by atoms with Crippen molar-refractivity contribution < 1.29 is 9.59 Å². The van der Waals surface area contributed by atoms with E-state index in [4.69, 9.17) is 4.98 Å². The zero-order valence-electron chi connectivity index (χ0n) is 17.7. The molecule has 1 aliphatic carbocycles. The molecular weight excluding hydrogens is 386 g/mol. The van der Waals surface area contributed by atoms with Gasteiger partial charge in [0, 0.05) is 70.1 Å². The molecule has 7 nitrogen and oxygen atoms in total. The lowest BCUT2D eigenvalue weighted by atomic mass is 9.90. The molecule has 2 saturated heterocycles. The normalized spacial score (nSPS) is 23.2. The van der Waals surface area contributed by atoms with Crippen molar-refractivity contribution in [3.05, 3.63) is 10.6 Å². The van der Waals surface area contributed by atoms with E-state index >= 15 is 0 Å². The number of hydrogen-bond acceptors (Lipinski definition) is 6. The first-order valence-corrected chi connectivity index (χ1v) is 11.9. The highest BCUT2D eigenvalue weighted by atomic mass is 32.1. The van der Waals surface area contributed by atoms with Gasteiger partial charge in [0.05, 0.1) is 5.69 Å². The molecule has 1 aromatic heterocycles. The molecule has 2 aliphatic heterocycles. The van der Waals surface area contributed by atoms with E-state index in [1.807, 2.05) is 4.90 Å². The molecule has 0 aromatic carbocycles. The van der Waals surface area contributed by atoms with Crippen LogP contribution < -0.4 is 4.90 Å². The Morgan fingerprint density at radius 3 is 2.38 bits per heavy atom. The second-order valence-corrected chi connectivity index (χ2v) is 9.53. The summed E-state index contributed by atoms with van der Waals surface area (Å²) in [5, 5.41) is 1.07. The average Bonchev–Trinajstić information content (AvgIpc) is 3.17. The van der Waals surface area contributed by atoms with Gasteiger partial charge in [0.1, 0.15) is 0 Å². The topological polar surface area (TPSA) is 60.0 Å². The van der Waals surface area contributed by atoms with Gasteiger partial charge in [-0.25, -0.2) is 4.98 Å². The third-order valence-electron chi connectivity index (χ3n) is 6.50. The quantitative estimate of drug-likeness (QED) is 0.740. The van der Waals surface area contributed by atoms with Crippen molar-refractivity contribution in [1.82, 2.24) is 19.7 Å². The van der Waals surface area contributed by atoms with Crippen LogP contribution in [0.4, 0.5) is 5.13 Å². The highest BCUT2D eigenvalue weighted by molar-refractivity contribution is 7.15. The van der Waals surface area contributed by atoms with Crippen LogP contribution in [0.2, 0.25) is 0 Å². The van der Waals surface area contributed by atoms with E-state index in [0.717, 1.165) is 83.3 Å². The highest BCUT2D eigenvalue weighted by Gasteiger charge is 2.32. The summed E-state index contributed by atoms with van der Waals surface area (Å²) in [4.78, 5) is 39.6. The number of carbonyl (C=O) groups is 2. The molecule has 29 heavy (non-hydrogen) atoms. The maximum absolute atomic E-state index is 13.1. The first-order chi connectivity index (χ1) is 14.0. The van der Waals surface area contributed by atoms with Gasteiger partial charge in [-0.2, -0.15) is 0 Å². The molecule has 2 fully saturated rings. The van der Waals surface area contributed by atoms with E-state index in [9.17, 15) is 9.59 Å². The van der Waals surface area contributed by atoms with Gasteiger partial charge in [0.25, 0.3) is 0 Å². The maximum atomic E-state index is 13.1. The van der Waals surface area contributed by atoms with Crippen LogP contribution in [0.1, 0.15) is 37.3 Å². The first kappa shape index (κ1) is 20.6. The van der Waals surface area contributed by atoms with Gasteiger partial charge in [-0.05, 0) is 32.2 Å². The standard InChI is InChI=1S/C21H33N5O2S/c1-3-6-23-7-9-25(10-8-23)20(28)17-4-5-18-19(15-17)29-21(22-18)26-13-11-24(12-14-26)16(2)27/h17H,3-15H2,1-2H3/t17-/m1/s1. The van der Waals surface area contributed by atoms with Gasteiger partial charge in [-0.3, -0.25) is 14.5 Å². The minimum Gasteiger partial charge on any atom is -0.345 e. The molecule has 1 atom stereocenters. The molecule has 0 radical (unpaired) electrons. The molecule has 3 heterocycles. The highest BCUT2D eigenvalue weighted by Crippen LogP contribution is 2.35. The van der Waals surface area contributed by atoms with E-state index in [0.29, 0.717) is 5.91 Å². The van der Waals surface area contributed by atoms with Gasteiger partial charge in [-0.1, -0.05) is 6.92 Å². The Hall–Kier alpha value is -1.67. The lowest BCUT2D eigenvalue weighted by molar-refractivity contribution is -0.137. The van der Waals surface area contributed by atoms with E-state index in [-0.39, 0.29) is 11.8 Å². The van der Waals surface area contributed by atoms with Gasteiger partial charge in [0.15, 0.2) is 5.13 Å². The Morgan fingerprint density at radius 2 is 1.72 bits per heavy atom. The number of aryl methyl sites for hydroxylation is 1. The zero-order valence-corrected chi connectivity index (χ0v) is 18.5. The molecule has 2 amide bonds. The molecule has 0 N–H and O–H groups in total. The van der Waals surface area contributed by atoms with E-state index in [2.05, 4.69) is 21.6 Å². The fourth-order valence-electron chi connectivity index (χ4n) is 4.69. The predicted molar refractivity (Wildman–Crippen MR) is 115 cm³/mol. The number of thiazole rings is 1. The van der Waals surface area contributed by atoms with Crippen LogP contribution >= 0.6 is 11.3 Å². The predicted octanol–water partition coefficient (Wildman–Crippen LogP) is 1.47. The number of amides is 2. The number of piperazine rings is 2. The Bertz CT molecular complexity index is 735. The van der Waals surface area contributed by atoms with Crippen LogP contribution in [0.3, 0.4) is 0 Å². The summed E-state index contributed by atoms with van der Waals surface area (Å²) in [6, 6.07) is 0. The average molecular weight is 420 g/mol. The number of nitrogens with zero attached hydrogens (tertiary/aromatic N) is 5. The van der Waals surface area contributed by atoms with Gasteiger partial charge in [-0.15, -0.1) is 11.3 Å². The van der Waals surface area contributed by atoms with Crippen LogP contribution in [-0.4, -0.2) is 90.4 Å². The van der Waals surface area contributed by atoms with Gasteiger partial charge < -0.3 is 14.7 Å². The summed E-state index contributed by atoms with van der Waals surface area (Å²) in [7, 11) is 0. The van der Waals surface area contributed by atoms with Crippen molar-refractivity contribution >= 4 is 28.3 Å². The van der Waals surface area contributed by atoms with Gasteiger partial charge >= 0.3 is 0 Å². The monoisotopic (exact) mass is 419 g/mol. The molecular formula is C21H33N5O2S. The minimum atomic E-state index is 0.114. The van der Waals surface area contributed by atoms with E-state index < -0.39 is 0 Å². The lowest BCUT2D eigenvalue weighted by Crippen LogP contribution is -2.50. The van der Waals surface area contributed by atoms with Crippen molar-refractivity contribution in [3.8, 4) is 0 Å². The third-order valence-corrected chi connectivity index (χ3v) is 7.68. The Labute approximate surface area is 177 Å². The number of fused-ring (bicyclic) bond motifs is 1. The van der Waals surface area contributed by atoms with E-state index in [1.54, 1.807) is 18.3 Å². The summed E-state index contributed by atoms with van der Waals surface area (Å²) in [5.41, 5.74) is 1.19. The van der Waals surface area contributed by atoms with Crippen LogP contribution in [0.5, 0.6) is 0 Å². The number of rotatable bonds is 4. The summed E-state index contributed by atoms with van der Waals surface area (Å²) in [5.74, 6) is 0.611. The van der Waals surface area contributed by atoms with Crippen LogP contribution in [0.25, 0.3) is 0 Å². The van der Waals surface area contributed by atoms with Crippen molar-refractivity contribution in [3.63, 3.8) is 0 Å². The van der Waals surface area contributed by atoms with Crippen molar-refractivity contribution in [2.45, 2.75) is 39.5 Å². The van der Waals surface area contributed by atoms with Crippen LogP contribution in [0, 0.1) is 5.92 Å². The van der Waals surface area contributed by atoms with Crippen LogP contribution in [-0.2, 0) is 22.4 Å². The number of hydrogen-bond donors (Lipinski definition) is 0. The van der Waals surface area contributed by atoms with Crippen molar-refractivity contribution in [1.29, 1.82) is 0 Å². The summed E-state index contributed by atoms with van der Waals surface area (Å²) in [6.45, 7) is 12.0. The number of anilines is 1. The summed E-state index contributed by atoms with van der Waals surface area (Å²) < 4.78 is 0.